The molecule has 3 rings (SSSR count). The summed E-state index contributed by atoms with van der Waals surface area (Å²) in [6, 6.07) is 11.5. The Morgan fingerprint density at radius 3 is 1.93 bits per heavy atom. The second kappa shape index (κ2) is 7.87. The highest BCUT2D eigenvalue weighted by molar-refractivity contribution is 7.87. The van der Waals surface area contributed by atoms with Gasteiger partial charge in [-0.25, -0.2) is 0 Å². The summed E-state index contributed by atoms with van der Waals surface area (Å²) in [5, 5.41) is 20.4. The first-order valence-electron chi connectivity index (χ1n) is 7.89. The van der Waals surface area contributed by atoms with E-state index in [2.05, 4.69) is 0 Å². The molecule has 0 fully saturated rings. The van der Waals surface area contributed by atoms with E-state index in [1.165, 1.54) is 42.5 Å². The van der Waals surface area contributed by atoms with Gasteiger partial charge in [-0.2, -0.15) is 8.42 Å². The van der Waals surface area contributed by atoms with Gasteiger partial charge >= 0.3 is 0 Å². The van der Waals surface area contributed by atoms with Crippen molar-refractivity contribution in [3.05, 3.63) is 91.4 Å². The Morgan fingerprint density at radius 2 is 1.31 bits per heavy atom. The van der Waals surface area contributed by atoms with Crippen molar-refractivity contribution in [1.29, 1.82) is 0 Å². The minimum atomic E-state index is -5.14. The van der Waals surface area contributed by atoms with Gasteiger partial charge in [-0.1, -0.05) is 64.6 Å². The Kier molecular flexibility index (Phi) is 5.98. The highest BCUT2D eigenvalue weighted by atomic mass is 35.5. The molecular formula is C19H12Cl4O5S. The number of rotatable bonds is 4. The van der Waals surface area contributed by atoms with E-state index in [1.807, 2.05) is 0 Å². The standard InChI is InChI=1S/C19H12Cl4O5S/c20-10-5-6-14(21)12(7-10)19(29(26,27)28,11-3-1-2-4-17(11)24)13-8-18(25)16(23)9-15(13)22/h1-9,24-25H,(H,26,27,28). The van der Waals surface area contributed by atoms with Crippen LogP contribution in [0.2, 0.25) is 20.1 Å². The van der Waals surface area contributed by atoms with Crippen LogP contribution in [0.15, 0.2) is 54.6 Å². The van der Waals surface area contributed by atoms with Crippen LogP contribution >= 0.6 is 46.4 Å². The number of aromatic hydroxyl groups is 2. The van der Waals surface area contributed by atoms with Crippen molar-refractivity contribution in [1.82, 2.24) is 0 Å². The molecule has 0 aliphatic heterocycles. The van der Waals surface area contributed by atoms with Crippen molar-refractivity contribution in [3.8, 4) is 11.5 Å². The van der Waals surface area contributed by atoms with Crippen molar-refractivity contribution < 1.29 is 23.2 Å². The van der Waals surface area contributed by atoms with Gasteiger partial charge in [-0.15, -0.1) is 0 Å². The van der Waals surface area contributed by atoms with Gasteiger partial charge in [-0.05, 0) is 36.4 Å². The maximum Gasteiger partial charge on any atom is 0.283 e. The molecule has 0 amide bonds. The first kappa shape index (κ1) is 22.0. The van der Waals surface area contributed by atoms with E-state index in [1.54, 1.807) is 0 Å². The molecule has 5 nitrogen and oxygen atoms in total. The zero-order valence-corrected chi connectivity index (χ0v) is 18.1. The van der Waals surface area contributed by atoms with Crippen LogP contribution < -0.4 is 0 Å². The zero-order valence-electron chi connectivity index (χ0n) is 14.3. The van der Waals surface area contributed by atoms with Crippen LogP contribution in [0.1, 0.15) is 16.7 Å². The molecule has 0 aromatic heterocycles. The number of halogens is 4. The third kappa shape index (κ3) is 3.65. The van der Waals surface area contributed by atoms with Crippen LogP contribution in [-0.2, 0) is 14.9 Å². The molecule has 29 heavy (non-hydrogen) atoms. The number of para-hydroxylation sites is 1. The van der Waals surface area contributed by atoms with Gasteiger partial charge in [-0.3, -0.25) is 4.55 Å². The Morgan fingerprint density at radius 1 is 0.690 bits per heavy atom. The molecule has 3 N–H and O–H groups in total. The summed E-state index contributed by atoms with van der Waals surface area (Å²) in [4.78, 5) is 0. The molecule has 0 heterocycles. The van der Waals surface area contributed by atoms with Gasteiger partial charge in [0.05, 0.1) is 5.02 Å². The number of hydrogen-bond acceptors (Lipinski definition) is 4. The van der Waals surface area contributed by atoms with Gasteiger partial charge in [0.25, 0.3) is 10.1 Å². The maximum absolute atomic E-state index is 13.0. The third-order valence-electron chi connectivity index (χ3n) is 4.39. The van der Waals surface area contributed by atoms with E-state index < -0.39 is 26.4 Å². The lowest BCUT2D eigenvalue weighted by Gasteiger charge is -2.34. The summed E-state index contributed by atoms with van der Waals surface area (Å²) in [6.45, 7) is 0. The largest absolute Gasteiger partial charge is 0.508 e. The normalized spacial score (nSPS) is 13.8. The fourth-order valence-electron chi connectivity index (χ4n) is 3.20. The van der Waals surface area contributed by atoms with Crippen LogP contribution in [0.25, 0.3) is 0 Å². The lowest BCUT2D eigenvalue weighted by atomic mass is 9.83. The Bertz CT molecular complexity index is 1210. The summed E-state index contributed by atoms with van der Waals surface area (Å²) >= 11 is 24.6. The lowest BCUT2D eigenvalue weighted by Crippen LogP contribution is -2.39. The highest BCUT2D eigenvalue weighted by Crippen LogP contribution is 2.52. The monoisotopic (exact) mass is 492 g/mol. The summed E-state index contributed by atoms with van der Waals surface area (Å²) in [6.07, 6.45) is 0. The Labute approximate surface area is 186 Å². The third-order valence-corrected chi connectivity index (χ3v) is 7.01. The average molecular weight is 494 g/mol. The summed E-state index contributed by atoms with van der Waals surface area (Å²) in [5.41, 5.74) is -0.719. The fourth-order valence-corrected chi connectivity index (χ4v) is 5.61. The lowest BCUT2D eigenvalue weighted by molar-refractivity contribution is 0.439. The second-order valence-corrected chi connectivity index (χ2v) is 9.30. The number of phenolic OH excluding ortho intramolecular Hbond substituents is 2. The van der Waals surface area contributed by atoms with Gasteiger partial charge < -0.3 is 10.2 Å². The smallest absolute Gasteiger partial charge is 0.283 e. The van der Waals surface area contributed by atoms with Gasteiger partial charge in [0.1, 0.15) is 11.5 Å². The van der Waals surface area contributed by atoms with Crippen molar-refractivity contribution in [2.45, 2.75) is 4.75 Å². The van der Waals surface area contributed by atoms with Gasteiger partial charge in [0.2, 0.25) is 0 Å². The van der Waals surface area contributed by atoms with Crippen LogP contribution in [0.4, 0.5) is 0 Å². The minimum Gasteiger partial charge on any atom is -0.508 e. The first-order valence-corrected chi connectivity index (χ1v) is 10.8. The van der Waals surface area contributed by atoms with Crippen LogP contribution in [0.5, 0.6) is 11.5 Å². The quantitative estimate of drug-likeness (QED) is 0.311. The summed E-state index contributed by atoms with van der Waals surface area (Å²) in [7, 11) is -5.14. The average Bonchev–Trinajstić information content (AvgIpc) is 2.63. The molecule has 152 valence electrons. The number of hydrogen-bond donors (Lipinski definition) is 3. The van der Waals surface area contributed by atoms with E-state index in [-0.39, 0.29) is 36.8 Å². The van der Waals surface area contributed by atoms with Gasteiger partial charge in [0.15, 0.2) is 4.75 Å². The van der Waals surface area contributed by atoms with Crippen molar-refractivity contribution in [2.24, 2.45) is 0 Å². The molecule has 0 spiro atoms. The van der Waals surface area contributed by atoms with Crippen LogP contribution in [-0.4, -0.2) is 23.2 Å². The SMILES string of the molecule is O=S(=O)(O)C(c1ccccc1O)(c1cc(Cl)ccc1Cl)c1cc(O)c(Cl)cc1Cl. The summed E-state index contributed by atoms with van der Waals surface area (Å²) in [5.74, 6) is -0.959. The van der Waals surface area contributed by atoms with Gasteiger partial charge in [0, 0.05) is 31.8 Å². The van der Waals surface area contributed by atoms with Crippen LogP contribution in [0, 0.1) is 0 Å². The Balaban J connectivity index is 2.66. The number of phenols is 2. The summed E-state index contributed by atoms with van der Waals surface area (Å²) < 4.78 is 33.9. The van der Waals surface area contributed by atoms with E-state index in [0.717, 1.165) is 12.1 Å². The number of benzene rings is 3. The molecule has 0 saturated carbocycles. The van der Waals surface area contributed by atoms with E-state index in [9.17, 15) is 23.2 Å². The molecule has 1 unspecified atom stereocenters. The molecule has 0 saturated heterocycles. The molecule has 0 radical (unpaired) electrons. The van der Waals surface area contributed by atoms with E-state index in [0.29, 0.717) is 0 Å². The van der Waals surface area contributed by atoms with Crippen LogP contribution in [0.3, 0.4) is 0 Å². The highest BCUT2D eigenvalue weighted by Gasteiger charge is 2.52. The molecular weight excluding hydrogens is 482 g/mol. The maximum atomic E-state index is 13.0. The predicted molar refractivity (Wildman–Crippen MR) is 114 cm³/mol. The fraction of sp³-hybridized carbons (Fsp3) is 0.0526. The van der Waals surface area contributed by atoms with Crippen molar-refractivity contribution >= 4 is 56.5 Å². The zero-order chi connectivity index (χ0) is 21.6. The van der Waals surface area contributed by atoms with E-state index >= 15 is 0 Å². The molecule has 0 bridgehead atoms. The molecule has 0 aliphatic carbocycles. The Hall–Kier alpha value is -1.67. The molecule has 3 aromatic carbocycles. The van der Waals surface area contributed by atoms with E-state index in [4.69, 9.17) is 46.4 Å². The minimum absolute atomic E-state index is 0.0826. The molecule has 10 heteroatoms. The topological polar surface area (TPSA) is 94.8 Å². The molecule has 0 aliphatic rings. The molecule has 3 aromatic rings. The van der Waals surface area contributed by atoms with Crippen molar-refractivity contribution in [2.75, 3.05) is 0 Å². The van der Waals surface area contributed by atoms with Crippen molar-refractivity contribution in [3.63, 3.8) is 0 Å². The first-order chi connectivity index (χ1) is 13.5. The molecule has 1 atom stereocenters. The predicted octanol–water partition coefficient (Wildman–Crippen LogP) is 5.89. The second-order valence-electron chi connectivity index (χ2n) is 6.08.